The van der Waals surface area contributed by atoms with Gasteiger partial charge in [0.15, 0.2) is 11.5 Å². The zero-order valence-electron chi connectivity index (χ0n) is 7.95. The Morgan fingerprint density at radius 2 is 2.36 bits per heavy atom. The number of rotatable bonds is 4. The molecule has 3 nitrogen and oxygen atoms in total. The van der Waals surface area contributed by atoms with Crippen LogP contribution in [0.5, 0.6) is 11.5 Å². The minimum absolute atomic E-state index is 0.327. The summed E-state index contributed by atoms with van der Waals surface area (Å²) in [4.78, 5) is 0. The Bertz CT molecular complexity index is 336. The van der Waals surface area contributed by atoms with Gasteiger partial charge < -0.3 is 14.8 Å². The van der Waals surface area contributed by atoms with E-state index in [9.17, 15) is 0 Å². The second kappa shape index (κ2) is 4.15. The fourth-order valence-electron chi connectivity index (χ4n) is 1.44. The van der Waals surface area contributed by atoms with Crippen molar-refractivity contribution in [2.75, 3.05) is 13.3 Å². The fourth-order valence-corrected chi connectivity index (χ4v) is 1.44. The molecule has 0 saturated heterocycles. The largest absolute Gasteiger partial charge is 0.454 e. The molecule has 1 N–H and O–H groups in total. The van der Waals surface area contributed by atoms with Gasteiger partial charge in [-0.3, -0.25) is 0 Å². The van der Waals surface area contributed by atoms with Crippen molar-refractivity contribution in [1.82, 2.24) is 5.32 Å². The standard InChI is InChI=1S/C11H13NO2/c1-2-6-12-7-9-4-3-5-10-11(9)14-8-13-10/h2-5,12H,1,6-8H2. The lowest BCUT2D eigenvalue weighted by atomic mass is 10.2. The highest BCUT2D eigenvalue weighted by atomic mass is 16.7. The lowest BCUT2D eigenvalue weighted by Crippen LogP contribution is -2.12. The van der Waals surface area contributed by atoms with E-state index in [4.69, 9.17) is 9.47 Å². The normalized spacial score (nSPS) is 12.9. The Hall–Kier alpha value is -1.48. The van der Waals surface area contributed by atoms with E-state index in [1.54, 1.807) is 0 Å². The number of benzene rings is 1. The fraction of sp³-hybridized carbons (Fsp3) is 0.273. The summed E-state index contributed by atoms with van der Waals surface area (Å²) in [5.74, 6) is 1.70. The van der Waals surface area contributed by atoms with E-state index < -0.39 is 0 Å². The van der Waals surface area contributed by atoms with Gasteiger partial charge in [0.25, 0.3) is 0 Å². The summed E-state index contributed by atoms with van der Waals surface area (Å²) in [6.07, 6.45) is 1.83. The topological polar surface area (TPSA) is 30.5 Å². The molecule has 0 fully saturated rings. The molecule has 0 bridgehead atoms. The van der Waals surface area contributed by atoms with Gasteiger partial charge in [-0.25, -0.2) is 0 Å². The third-order valence-electron chi connectivity index (χ3n) is 2.08. The van der Waals surface area contributed by atoms with Crippen LogP contribution < -0.4 is 14.8 Å². The van der Waals surface area contributed by atoms with Crippen LogP contribution >= 0.6 is 0 Å². The summed E-state index contributed by atoms with van der Waals surface area (Å²) in [5, 5.41) is 3.23. The van der Waals surface area contributed by atoms with Gasteiger partial charge in [0.2, 0.25) is 6.79 Å². The zero-order valence-corrected chi connectivity index (χ0v) is 7.95. The molecule has 0 amide bonds. The van der Waals surface area contributed by atoms with Crippen molar-refractivity contribution in [2.24, 2.45) is 0 Å². The number of hydrogen-bond donors (Lipinski definition) is 1. The van der Waals surface area contributed by atoms with Crippen LogP contribution in [0.4, 0.5) is 0 Å². The molecule has 0 spiro atoms. The number of nitrogens with one attached hydrogen (secondary N) is 1. The van der Waals surface area contributed by atoms with Crippen LogP contribution in [0.15, 0.2) is 30.9 Å². The van der Waals surface area contributed by atoms with Crippen LogP contribution in [0, 0.1) is 0 Å². The molecule has 1 aromatic carbocycles. The summed E-state index contributed by atoms with van der Waals surface area (Å²) in [6.45, 7) is 5.55. The molecule has 0 radical (unpaired) electrons. The Kier molecular flexibility index (Phi) is 2.70. The molecule has 1 heterocycles. The third kappa shape index (κ3) is 1.72. The Labute approximate surface area is 83.3 Å². The highest BCUT2D eigenvalue weighted by molar-refractivity contribution is 5.48. The molecule has 0 aromatic heterocycles. The van der Waals surface area contributed by atoms with Crippen molar-refractivity contribution in [3.05, 3.63) is 36.4 Å². The van der Waals surface area contributed by atoms with E-state index in [1.807, 2.05) is 24.3 Å². The first-order chi connectivity index (χ1) is 6.92. The quantitative estimate of drug-likeness (QED) is 0.580. The van der Waals surface area contributed by atoms with Crippen molar-refractivity contribution >= 4 is 0 Å². The van der Waals surface area contributed by atoms with Gasteiger partial charge in [-0.2, -0.15) is 0 Å². The van der Waals surface area contributed by atoms with E-state index in [0.717, 1.165) is 30.2 Å². The van der Waals surface area contributed by atoms with Gasteiger partial charge >= 0.3 is 0 Å². The first kappa shape index (κ1) is 9.09. The summed E-state index contributed by atoms with van der Waals surface area (Å²) in [5.41, 5.74) is 1.13. The Morgan fingerprint density at radius 1 is 1.43 bits per heavy atom. The van der Waals surface area contributed by atoms with Gasteiger partial charge in [0.1, 0.15) is 0 Å². The molecule has 0 unspecified atom stereocenters. The predicted octanol–water partition coefficient (Wildman–Crippen LogP) is 1.69. The molecule has 0 saturated carbocycles. The van der Waals surface area contributed by atoms with Crippen LogP contribution in [0.3, 0.4) is 0 Å². The van der Waals surface area contributed by atoms with Crippen LogP contribution in [0.2, 0.25) is 0 Å². The molecule has 74 valence electrons. The van der Waals surface area contributed by atoms with Gasteiger partial charge in [-0.15, -0.1) is 6.58 Å². The van der Waals surface area contributed by atoms with E-state index >= 15 is 0 Å². The lowest BCUT2D eigenvalue weighted by Gasteiger charge is -2.05. The molecule has 1 aromatic rings. The third-order valence-corrected chi connectivity index (χ3v) is 2.08. The molecule has 0 atom stereocenters. The maximum Gasteiger partial charge on any atom is 0.231 e. The summed E-state index contributed by atoms with van der Waals surface area (Å²) in [7, 11) is 0. The SMILES string of the molecule is C=CCNCc1cccc2c1OCO2. The first-order valence-electron chi connectivity index (χ1n) is 4.61. The number of para-hydroxylation sites is 1. The summed E-state index contributed by atoms with van der Waals surface area (Å²) in [6, 6.07) is 5.92. The smallest absolute Gasteiger partial charge is 0.231 e. The Morgan fingerprint density at radius 3 is 3.21 bits per heavy atom. The molecule has 0 aliphatic carbocycles. The molecule has 1 aliphatic heterocycles. The van der Waals surface area contributed by atoms with Crippen LogP contribution in [-0.4, -0.2) is 13.3 Å². The summed E-state index contributed by atoms with van der Waals surface area (Å²) < 4.78 is 10.6. The molecular weight excluding hydrogens is 178 g/mol. The lowest BCUT2D eigenvalue weighted by molar-refractivity contribution is 0.173. The number of fused-ring (bicyclic) bond motifs is 1. The monoisotopic (exact) mass is 191 g/mol. The van der Waals surface area contributed by atoms with Crippen molar-refractivity contribution in [3.8, 4) is 11.5 Å². The second-order valence-electron chi connectivity index (χ2n) is 3.07. The minimum Gasteiger partial charge on any atom is -0.454 e. The predicted molar refractivity (Wildman–Crippen MR) is 54.5 cm³/mol. The first-order valence-corrected chi connectivity index (χ1v) is 4.61. The second-order valence-corrected chi connectivity index (χ2v) is 3.07. The van der Waals surface area contributed by atoms with Crippen molar-refractivity contribution in [3.63, 3.8) is 0 Å². The van der Waals surface area contributed by atoms with Crippen molar-refractivity contribution in [2.45, 2.75) is 6.54 Å². The van der Waals surface area contributed by atoms with Gasteiger partial charge in [0, 0.05) is 18.7 Å². The number of hydrogen-bond acceptors (Lipinski definition) is 3. The summed E-state index contributed by atoms with van der Waals surface area (Å²) >= 11 is 0. The van der Waals surface area contributed by atoms with E-state index in [1.165, 1.54) is 0 Å². The maximum atomic E-state index is 5.37. The van der Waals surface area contributed by atoms with Crippen molar-refractivity contribution < 1.29 is 9.47 Å². The van der Waals surface area contributed by atoms with E-state index in [-0.39, 0.29) is 0 Å². The van der Waals surface area contributed by atoms with Gasteiger partial charge in [-0.05, 0) is 6.07 Å². The molecule has 3 heteroatoms. The van der Waals surface area contributed by atoms with Gasteiger partial charge in [-0.1, -0.05) is 18.2 Å². The van der Waals surface area contributed by atoms with Crippen molar-refractivity contribution in [1.29, 1.82) is 0 Å². The molecular formula is C11H13NO2. The van der Waals surface area contributed by atoms with E-state index in [0.29, 0.717) is 6.79 Å². The van der Waals surface area contributed by atoms with Crippen LogP contribution in [-0.2, 0) is 6.54 Å². The Balaban J connectivity index is 2.10. The highest BCUT2D eigenvalue weighted by Crippen LogP contribution is 2.34. The highest BCUT2D eigenvalue weighted by Gasteiger charge is 2.16. The minimum atomic E-state index is 0.327. The molecule has 2 rings (SSSR count). The maximum absolute atomic E-state index is 5.37. The molecule has 1 aliphatic rings. The van der Waals surface area contributed by atoms with Crippen LogP contribution in [0.25, 0.3) is 0 Å². The zero-order chi connectivity index (χ0) is 9.80. The average Bonchev–Trinajstić information content (AvgIpc) is 2.67. The van der Waals surface area contributed by atoms with Crippen LogP contribution in [0.1, 0.15) is 5.56 Å². The number of ether oxygens (including phenoxy) is 2. The van der Waals surface area contributed by atoms with E-state index in [2.05, 4.69) is 11.9 Å². The molecule has 14 heavy (non-hydrogen) atoms. The average molecular weight is 191 g/mol. The van der Waals surface area contributed by atoms with Gasteiger partial charge in [0.05, 0.1) is 0 Å².